The number of thiophene rings is 1. The van der Waals surface area contributed by atoms with Gasteiger partial charge in [-0.1, -0.05) is 25.7 Å². The summed E-state index contributed by atoms with van der Waals surface area (Å²) >= 11 is 1.30. The molecule has 1 saturated heterocycles. The Bertz CT molecular complexity index is 495. The Morgan fingerprint density at radius 1 is 1.33 bits per heavy atom. The van der Waals surface area contributed by atoms with Crippen molar-refractivity contribution in [3.05, 3.63) is 21.9 Å². The van der Waals surface area contributed by atoms with Gasteiger partial charge in [-0.2, -0.15) is 0 Å². The summed E-state index contributed by atoms with van der Waals surface area (Å²) in [5.41, 5.74) is 1.08. The zero-order chi connectivity index (χ0) is 14.8. The highest BCUT2D eigenvalue weighted by Gasteiger charge is 2.35. The smallest absolute Gasteiger partial charge is 0.345 e. The van der Waals surface area contributed by atoms with Gasteiger partial charge in [0.15, 0.2) is 0 Å². The van der Waals surface area contributed by atoms with E-state index in [1.807, 2.05) is 5.38 Å². The number of likely N-dealkylation sites (tertiary alicyclic amines) is 1. The van der Waals surface area contributed by atoms with Crippen molar-refractivity contribution in [3.8, 4) is 0 Å². The van der Waals surface area contributed by atoms with Crippen LogP contribution in [0.2, 0.25) is 0 Å². The number of piperidine rings is 1. The summed E-state index contributed by atoms with van der Waals surface area (Å²) in [6.45, 7) is 2.66. The number of hydrogen-bond donors (Lipinski definition) is 2. The van der Waals surface area contributed by atoms with Gasteiger partial charge in [-0.3, -0.25) is 4.90 Å². The average molecular weight is 309 g/mol. The summed E-state index contributed by atoms with van der Waals surface area (Å²) < 4.78 is 0. The molecule has 0 spiro atoms. The molecule has 21 heavy (non-hydrogen) atoms. The molecule has 0 bridgehead atoms. The van der Waals surface area contributed by atoms with Crippen LogP contribution in [0.3, 0.4) is 0 Å². The van der Waals surface area contributed by atoms with Crippen molar-refractivity contribution in [2.75, 3.05) is 13.1 Å². The number of aliphatic hydroxyl groups is 1. The zero-order valence-corrected chi connectivity index (χ0v) is 13.0. The first-order valence-electron chi connectivity index (χ1n) is 7.84. The Balaban J connectivity index is 1.61. The van der Waals surface area contributed by atoms with E-state index in [0.717, 1.165) is 31.6 Å². The zero-order valence-electron chi connectivity index (χ0n) is 12.2. The summed E-state index contributed by atoms with van der Waals surface area (Å²) in [5.74, 6) is 0.239. The first-order valence-corrected chi connectivity index (χ1v) is 8.72. The lowest BCUT2D eigenvalue weighted by Crippen LogP contribution is -2.45. The van der Waals surface area contributed by atoms with E-state index in [9.17, 15) is 9.90 Å². The number of rotatable bonds is 4. The van der Waals surface area contributed by atoms with Crippen molar-refractivity contribution < 1.29 is 15.0 Å². The summed E-state index contributed by atoms with van der Waals surface area (Å²) in [4.78, 5) is 13.7. The van der Waals surface area contributed by atoms with Crippen molar-refractivity contribution in [3.63, 3.8) is 0 Å². The molecule has 1 aliphatic heterocycles. The number of hydrogen-bond acceptors (Lipinski definition) is 4. The first-order chi connectivity index (χ1) is 10.1. The molecule has 0 unspecified atom stereocenters. The average Bonchev–Trinajstić information content (AvgIpc) is 3.12. The molecule has 4 nitrogen and oxygen atoms in total. The van der Waals surface area contributed by atoms with Gasteiger partial charge in [0.2, 0.25) is 0 Å². The van der Waals surface area contributed by atoms with Crippen LogP contribution in [0.25, 0.3) is 0 Å². The van der Waals surface area contributed by atoms with Gasteiger partial charge >= 0.3 is 5.97 Å². The maximum absolute atomic E-state index is 10.9. The number of carbonyl (C=O) groups is 1. The summed E-state index contributed by atoms with van der Waals surface area (Å²) in [6, 6.07) is 1.78. The fraction of sp³-hybridized carbons (Fsp3) is 0.688. The van der Waals surface area contributed by atoms with Gasteiger partial charge in [0.25, 0.3) is 0 Å². The lowest BCUT2D eigenvalue weighted by Gasteiger charge is -2.39. The van der Waals surface area contributed by atoms with Crippen molar-refractivity contribution in [2.45, 2.75) is 44.8 Å². The Kier molecular flexibility index (Phi) is 4.62. The third-order valence-corrected chi connectivity index (χ3v) is 5.95. The van der Waals surface area contributed by atoms with E-state index >= 15 is 0 Å². The fourth-order valence-corrected chi connectivity index (χ4v) is 4.60. The van der Waals surface area contributed by atoms with Crippen LogP contribution in [0.1, 0.15) is 47.3 Å². The summed E-state index contributed by atoms with van der Waals surface area (Å²) in [5, 5.41) is 21.2. The van der Waals surface area contributed by atoms with Gasteiger partial charge in [-0.05, 0) is 29.3 Å². The largest absolute Gasteiger partial charge is 0.477 e. The molecule has 5 heteroatoms. The van der Waals surface area contributed by atoms with Gasteiger partial charge in [0.05, 0.1) is 6.10 Å². The highest BCUT2D eigenvalue weighted by atomic mass is 32.1. The maximum Gasteiger partial charge on any atom is 0.345 e. The predicted octanol–water partition coefficient (Wildman–Crippen LogP) is 2.82. The molecule has 1 aromatic heterocycles. The third-order valence-electron chi connectivity index (χ3n) is 4.98. The molecule has 0 aromatic carbocycles. The van der Waals surface area contributed by atoms with E-state index < -0.39 is 5.97 Å². The van der Waals surface area contributed by atoms with Crippen LogP contribution < -0.4 is 0 Å². The van der Waals surface area contributed by atoms with Crippen LogP contribution >= 0.6 is 11.3 Å². The lowest BCUT2D eigenvalue weighted by atomic mass is 9.82. The van der Waals surface area contributed by atoms with Crippen molar-refractivity contribution in [1.82, 2.24) is 4.90 Å². The molecule has 2 atom stereocenters. The standard InChI is InChI=1S/C16H23NO3S/c18-14-5-6-17(9-13(14)12-3-1-2-4-12)8-11-7-15(16(19)20)21-10-11/h7,10,12-14,18H,1-6,8-9H2,(H,19,20)/t13-,14+/m0/s1. The highest BCUT2D eigenvalue weighted by Crippen LogP contribution is 2.36. The minimum Gasteiger partial charge on any atom is -0.477 e. The van der Waals surface area contributed by atoms with Crippen molar-refractivity contribution in [1.29, 1.82) is 0 Å². The first kappa shape index (κ1) is 15.0. The van der Waals surface area contributed by atoms with Crippen molar-refractivity contribution in [2.24, 2.45) is 11.8 Å². The van der Waals surface area contributed by atoms with Gasteiger partial charge in [-0.15, -0.1) is 11.3 Å². The van der Waals surface area contributed by atoms with Crippen LogP contribution in [-0.4, -0.2) is 40.3 Å². The topological polar surface area (TPSA) is 60.8 Å². The molecule has 116 valence electrons. The molecule has 1 saturated carbocycles. The normalized spacial score (nSPS) is 28.0. The number of carboxylic acids is 1. The molecule has 1 aromatic rings. The van der Waals surface area contributed by atoms with Crippen LogP contribution in [-0.2, 0) is 6.54 Å². The molecule has 1 aliphatic carbocycles. The second kappa shape index (κ2) is 6.46. The van der Waals surface area contributed by atoms with Crippen LogP contribution in [0, 0.1) is 11.8 Å². The number of aromatic carboxylic acids is 1. The maximum atomic E-state index is 10.9. The Morgan fingerprint density at radius 2 is 2.10 bits per heavy atom. The minimum atomic E-state index is -0.843. The third kappa shape index (κ3) is 3.47. The van der Waals surface area contributed by atoms with Crippen LogP contribution in [0.5, 0.6) is 0 Å². The highest BCUT2D eigenvalue weighted by molar-refractivity contribution is 7.12. The monoisotopic (exact) mass is 309 g/mol. The Hall–Kier alpha value is -0.910. The fourth-order valence-electron chi connectivity index (χ4n) is 3.86. The molecule has 2 aliphatic rings. The predicted molar refractivity (Wildman–Crippen MR) is 82.6 cm³/mol. The quantitative estimate of drug-likeness (QED) is 0.898. The molecule has 0 amide bonds. The van der Waals surface area contributed by atoms with Crippen molar-refractivity contribution >= 4 is 17.3 Å². The molecular weight excluding hydrogens is 286 g/mol. The molecule has 2 fully saturated rings. The SMILES string of the molecule is O=C(O)c1cc(CN2CC[C@@H](O)[C@H](C3CCCC3)C2)cs1. The van der Waals surface area contributed by atoms with Gasteiger partial charge in [0, 0.05) is 25.6 Å². The molecule has 2 heterocycles. The molecular formula is C16H23NO3S. The molecule has 0 radical (unpaired) electrons. The van der Waals surface area contributed by atoms with E-state index in [0.29, 0.717) is 16.7 Å². The van der Waals surface area contributed by atoms with Gasteiger partial charge in [-0.25, -0.2) is 4.79 Å². The molecule has 2 N–H and O–H groups in total. The lowest BCUT2D eigenvalue weighted by molar-refractivity contribution is -0.00268. The van der Waals surface area contributed by atoms with E-state index in [1.165, 1.54) is 37.0 Å². The summed E-state index contributed by atoms with van der Waals surface area (Å²) in [7, 11) is 0. The minimum absolute atomic E-state index is 0.151. The van der Waals surface area contributed by atoms with E-state index in [-0.39, 0.29) is 6.10 Å². The Labute approximate surface area is 129 Å². The van der Waals surface area contributed by atoms with E-state index in [2.05, 4.69) is 4.90 Å². The van der Waals surface area contributed by atoms with Crippen LogP contribution in [0.4, 0.5) is 0 Å². The van der Waals surface area contributed by atoms with E-state index in [4.69, 9.17) is 5.11 Å². The van der Waals surface area contributed by atoms with Gasteiger partial charge < -0.3 is 10.2 Å². The van der Waals surface area contributed by atoms with Gasteiger partial charge in [0.1, 0.15) is 4.88 Å². The summed E-state index contributed by atoms with van der Waals surface area (Å²) in [6.07, 6.45) is 5.83. The number of nitrogens with zero attached hydrogens (tertiary/aromatic N) is 1. The Morgan fingerprint density at radius 3 is 2.76 bits per heavy atom. The van der Waals surface area contributed by atoms with Crippen LogP contribution in [0.15, 0.2) is 11.4 Å². The van der Waals surface area contributed by atoms with E-state index in [1.54, 1.807) is 6.07 Å². The second-order valence-electron chi connectivity index (χ2n) is 6.42. The molecule has 3 rings (SSSR count). The number of aliphatic hydroxyl groups excluding tert-OH is 1. The number of carboxylic acid groups (broad SMARTS) is 1. The second-order valence-corrected chi connectivity index (χ2v) is 7.34.